The second-order valence-electron chi connectivity index (χ2n) is 4.11. The lowest BCUT2D eigenvalue weighted by molar-refractivity contribution is 0.684. The van der Waals surface area contributed by atoms with E-state index in [0.717, 1.165) is 23.7 Å². The van der Waals surface area contributed by atoms with Crippen LogP contribution in [0.25, 0.3) is 0 Å². The summed E-state index contributed by atoms with van der Waals surface area (Å²) < 4.78 is 0. The molecule has 0 aliphatic rings. The molecule has 0 aliphatic carbocycles. The quantitative estimate of drug-likeness (QED) is 0.448. The van der Waals surface area contributed by atoms with E-state index in [-0.39, 0.29) is 0 Å². The third-order valence-electron chi connectivity index (χ3n) is 2.74. The van der Waals surface area contributed by atoms with Gasteiger partial charge in [0.1, 0.15) is 0 Å². The van der Waals surface area contributed by atoms with Gasteiger partial charge < -0.3 is 4.90 Å². The Bertz CT molecular complexity index is 267. The summed E-state index contributed by atoms with van der Waals surface area (Å²) in [5.41, 5.74) is 1.36. The maximum Gasteiger partial charge on any atom is 0.0366 e. The first-order chi connectivity index (χ1) is 8.38. The Balaban J connectivity index is 2.46. The molecule has 1 aromatic rings. The standard InChI is InChI=1S/C14H21Br2N/c15-10-4-6-12-17(13-7-5-11-16)14-8-2-1-3-9-14/h1-3,8-9H,4-7,10-13H2. The van der Waals surface area contributed by atoms with Crippen LogP contribution in [0.15, 0.2) is 30.3 Å². The molecule has 0 saturated heterocycles. The summed E-state index contributed by atoms with van der Waals surface area (Å²) in [5.74, 6) is 0. The lowest BCUT2D eigenvalue weighted by Crippen LogP contribution is -2.25. The maximum atomic E-state index is 3.49. The van der Waals surface area contributed by atoms with E-state index >= 15 is 0 Å². The molecule has 0 bridgehead atoms. The first kappa shape index (κ1) is 15.0. The zero-order valence-electron chi connectivity index (χ0n) is 10.2. The monoisotopic (exact) mass is 361 g/mol. The summed E-state index contributed by atoms with van der Waals surface area (Å²) in [7, 11) is 0. The second kappa shape index (κ2) is 9.95. The highest BCUT2D eigenvalue weighted by molar-refractivity contribution is 9.09. The molecular formula is C14H21Br2N. The van der Waals surface area contributed by atoms with Crippen LogP contribution in [0.1, 0.15) is 25.7 Å². The third-order valence-corrected chi connectivity index (χ3v) is 3.87. The zero-order chi connectivity index (χ0) is 12.3. The Morgan fingerprint density at radius 3 is 1.76 bits per heavy atom. The number of halogens is 2. The van der Waals surface area contributed by atoms with Crippen LogP contribution in [0, 0.1) is 0 Å². The van der Waals surface area contributed by atoms with Gasteiger partial charge in [-0.2, -0.15) is 0 Å². The predicted molar refractivity (Wildman–Crippen MR) is 84.7 cm³/mol. The second-order valence-corrected chi connectivity index (χ2v) is 5.70. The summed E-state index contributed by atoms with van der Waals surface area (Å²) in [4.78, 5) is 2.51. The van der Waals surface area contributed by atoms with E-state index in [4.69, 9.17) is 0 Å². The molecule has 17 heavy (non-hydrogen) atoms. The number of para-hydroxylation sites is 1. The molecule has 96 valence electrons. The molecule has 0 N–H and O–H groups in total. The minimum atomic E-state index is 1.11. The molecule has 1 aromatic carbocycles. The Morgan fingerprint density at radius 2 is 1.29 bits per heavy atom. The van der Waals surface area contributed by atoms with Gasteiger partial charge in [-0.25, -0.2) is 0 Å². The average Bonchev–Trinajstić information content (AvgIpc) is 2.38. The van der Waals surface area contributed by atoms with Crippen molar-refractivity contribution in [1.29, 1.82) is 0 Å². The van der Waals surface area contributed by atoms with Gasteiger partial charge in [0.05, 0.1) is 0 Å². The first-order valence-electron chi connectivity index (χ1n) is 6.30. The smallest absolute Gasteiger partial charge is 0.0366 e. The highest BCUT2D eigenvalue weighted by Crippen LogP contribution is 2.15. The highest BCUT2D eigenvalue weighted by atomic mass is 79.9. The normalized spacial score (nSPS) is 10.5. The van der Waals surface area contributed by atoms with Crippen molar-refractivity contribution in [1.82, 2.24) is 0 Å². The molecule has 0 aromatic heterocycles. The molecule has 3 heteroatoms. The topological polar surface area (TPSA) is 3.24 Å². The van der Waals surface area contributed by atoms with E-state index in [0.29, 0.717) is 0 Å². The van der Waals surface area contributed by atoms with Crippen LogP contribution in [0.4, 0.5) is 5.69 Å². The largest absolute Gasteiger partial charge is 0.372 e. The number of unbranched alkanes of at least 4 members (excludes halogenated alkanes) is 2. The SMILES string of the molecule is BrCCCCN(CCCCBr)c1ccccc1. The van der Waals surface area contributed by atoms with Crippen molar-refractivity contribution < 1.29 is 0 Å². The van der Waals surface area contributed by atoms with Crippen molar-refractivity contribution in [3.05, 3.63) is 30.3 Å². The Morgan fingerprint density at radius 1 is 0.765 bits per heavy atom. The highest BCUT2D eigenvalue weighted by Gasteiger charge is 2.04. The Hall–Kier alpha value is -0.0200. The predicted octanol–water partition coefficient (Wildman–Crippen LogP) is 4.84. The number of hydrogen-bond acceptors (Lipinski definition) is 1. The molecule has 0 spiro atoms. The fraction of sp³-hybridized carbons (Fsp3) is 0.571. The van der Waals surface area contributed by atoms with Crippen molar-refractivity contribution in [2.24, 2.45) is 0 Å². The molecule has 0 saturated carbocycles. The molecule has 1 rings (SSSR count). The van der Waals surface area contributed by atoms with Crippen LogP contribution in [0.3, 0.4) is 0 Å². The molecule has 0 unspecified atom stereocenters. The van der Waals surface area contributed by atoms with Crippen LogP contribution >= 0.6 is 31.9 Å². The summed E-state index contributed by atoms with van der Waals surface area (Å²) in [6.07, 6.45) is 5.02. The van der Waals surface area contributed by atoms with Gasteiger partial charge in [-0.3, -0.25) is 0 Å². The summed E-state index contributed by atoms with van der Waals surface area (Å²) in [6, 6.07) is 10.7. The van der Waals surface area contributed by atoms with Crippen LogP contribution < -0.4 is 4.90 Å². The fourth-order valence-corrected chi connectivity index (χ4v) is 2.60. The van der Waals surface area contributed by atoms with E-state index in [1.54, 1.807) is 0 Å². The van der Waals surface area contributed by atoms with E-state index in [9.17, 15) is 0 Å². The van der Waals surface area contributed by atoms with Crippen LogP contribution in [-0.2, 0) is 0 Å². The number of benzene rings is 1. The minimum absolute atomic E-state index is 1.11. The van der Waals surface area contributed by atoms with Gasteiger partial charge >= 0.3 is 0 Å². The summed E-state index contributed by atoms with van der Waals surface area (Å²) >= 11 is 6.99. The van der Waals surface area contributed by atoms with Crippen molar-refractivity contribution >= 4 is 37.5 Å². The van der Waals surface area contributed by atoms with Gasteiger partial charge in [0.15, 0.2) is 0 Å². The van der Waals surface area contributed by atoms with Gasteiger partial charge in [-0.05, 0) is 37.8 Å². The van der Waals surface area contributed by atoms with Crippen molar-refractivity contribution in [2.75, 3.05) is 28.6 Å². The molecule has 0 heterocycles. The van der Waals surface area contributed by atoms with E-state index < -0.39 is 0 Å². The number of anilines is 1. The summed E-state index contributed by atoms with van der Waals surface area (Å²) in [5, 5.41) is 2.22. The number of nitrogens with zero attached hydrogens (tertiary/aromatic N) is 1. The summed E-state index contributed by atoms with van der Waals surface area (Å²) in [6.45, 7) is 2.33. The molecule has 0 amide bonds. The molecule has 0 atom stereocenters. The van der Waals surface area contributed by atoms with E-state index in [2.05, 4.69) is 67.1 Å². The molecule has 0 fully saturated rings. The zero-order valence-corrected chi connectivity index (χ0v) is 13.4. The Labute approximate surface area is 122 Å². The third kappa shape index (κ3) is 6.46. The van der Waals surface area contributed by atoms with Gasteiger partial charge in [0.25, 0.3) is 0 Å². The fourth-order valence-electron chi connectivity index (χ4n) is 1.80. The molecule has 0 aliphatic heterocycles. The van der Waals surface area contributed by atoms with Crippen molar-refractivity contribution in [3.8, 4) is 0 Å². The average molecular weight is 363 g/mol. The van der Waals surface area contributed by atoms with E-state index in [1.807, 2.05) is 0 Å². The molecular weight excluding hydrogens is 342 g/mol. The van der Waals surface area contributed by atoms with Crippen molar-refractivity contribution in [3.63, 3.8) is 0 Å². The lowest BCUT2D eigenvalue weighted by atomic mass is 10.2. The van der Waals surface area contributed by atoms with Gasteiger partial charge in [-0.1, -0.05) is 50.1 Å². The molecule has 0 radical (unpaired) electrons. The Kier molecular flexibility index (Phi) is 8.81. The molecule has 1 nitrogen and oxygen atoms in total. The minimum Gasteiger partial charge on any atom is -0.372 e. The van der Waals surface area contributed by atoms with Crippen molar-refractivity contribution in [2.45, 2.75) is 25.7 Å². The van der Waals surface area contributed by atoms with Gasteiger partial charge in [-0.15, -0.1) is 0 Å². The lowest BCUT2D eigenvalue weighted by Gasteiger charge is -2.24. The van der Waals surface area contributed by atoms with Gasteiger partial charge in [0, 0.05) is 29.4 Å². The maximum absolute atomic E-state index is 3.49. The van der Waals surface area contributed by atoms with Crippen LogP contribution in [-0.4, -0.2) is 23.7 Å². The van der Waals surface area contributed by atoms with Crippen LogP contribution in [0.2, 0.25) is 0 Å². The number of rotatable bonds is 9. The van der Waals surface area contributed by atoms with E-state index in [1.165, 1.54) is 31.4 Å². The number of hydrogen-bond donors (Lipinski definition) is 0. The van der Waals surface area contributed by atoms with Gasteiger partial charge in [0.2, 0.25) is 0 Å². The van der Waals surface area contributed by atoms with Crippen LogP contribution in [0.5, 0.6) is 0 Å². The first-order valence-corrected chi connectivity index (χ1v) is 8.54. The number of alkyl halides is 2.